The molecule has 5 nitrogen and oxygen atoms in total. The molecule has 4 aromatic rings. The second-order valence-corrected chi connectivity index (χ2v) is 8.17. The van der Waals surface area contributed by atoms with Gasteiger partial charge in [0.1, 0.15) is 11.4 Å². The summed E-state index contributed by atoms with van der Waals surface area (Å²) >= 11 is 6.19. The van der Waals surface area contributed by atoms with Crippen LogP contribution in [0.2, 0.25) is 5.02 Å². The summed E-state index contributed by atoms with van der Waals surface area (Å²) in [6, 6.07) is 15.8. The number of carbonyl (C=O) groups is 1. The van der Waals surface area contributed by atoms with E-state index in [0.717, 1.165) is 23.4 Å². The molecule has 176 valence electrons. The number of benzene rings is 2. The number of nitrogens with one attached hydrogen (secondary N) is 1. The van der Waals surface area contributed by atoms with Crippen LogP contribution in [0, 0.1) is 0 Å². The van der Waals surface area contributed by atoms with Crippen LogP contribution in [0.4, 0.5) is 13.2 Å². The summed E-state index contributed by atoms with van der Waals surface area (Å²) in [5.74, 6) is -0.161. The van der Waals surface area contributed by atoms with Crippen molar-refractivity contribution < 1.29 is 22.7 Å². The van der Waals surface area contributed by atoms with Crippen LogP contribution in [0.1, 0.15) is 34.7 Å². The average Bonchev–Trinajstić information content (AvgIpc) is 3.23. The Morgan fingerprint density at radius 2 is 1.94 bits per heavy atom. The van der Waals surface area contributed by atoms with E-state index in [1.807, 2.05) is 22.6 Å². The van der Waals surface area contributed by atoms with Crippen molar-refractivity contribution in [1.29, 1.82) is 0 Å². The quantitative estimate of drug-likeness (QED) is 0.355. The van der Waals surface area contributed by atoms with E-state index in [4.69, 9.17) is 16.3 Å². The van der Waals surface area contributed by atoms with Gasteiger partial charge in [0.15, 0.2) is 0 Å². The van der Waals surface area contributed by atoms with Crippen molar-refractivity contribution in [2.24, 2.45) is 0 Å². The molecule has 0 aliphatic heterocycles. The van der Waals surface area contributed by atoms with E-state index in [0.29, 0.717) is 22.0 Å². The number of hydrogen-bond acceptors (Lipinski definition) is 3. The lowest BCUT2D eigenvalue weighted by atomic mass is 9.91. The van der Waals surface area contributed by atoms with E-state index in [-0.39, 0.29) is 18.9 Å². The number of alkyl halides is 3. The van der Waals surface area contributed by atoms with Crippen molar-refractivity contribution in [2.45, 2.75) is 25.1 Å². The van der Waals surface area contributed by atoms with Gasteiger partial charge in [-0.15, -0.1) is 0 Å². The number of fused-ring (bicyclic) bond motifs is 1. The average molecular weight is 488 g/mol. The third-order valence-corrected chi connectivity index (χ3v) is 5.73. The first kappa shape index (κ1) is 23.6. The number of methoxy groups -OCH3 is 1. The van der Waals surface area contributed by atoms with Crippen molar-refractivity contribution in [3.8, 4) is 5.75 Å². The molecule has 1 amide bonds. The van der Waals surface area contributed by atoms with E-state index in [1.165, 1.54) is 6.07 Å². The van der Waals surface area contributed by atoms with E-state index >= 15 is 0 Å². The number of nitrogens with zero attached hydrogens (tertiary/aromatic N) is 2. The normalized spacial score (nSPS) is 12.5. The summed E-state index contributed by atoms with van der Waals surface area (Å²) < 4.78 is 46.3. The third kappa shape index (κ3) is 5.17. The van der Waals surface area contributed by atoms with Gasteiger partial charge in [-0.3, -0.25) is 4.79 Å². The van der Waals surface area contributed by atoms with E-state index in [9.17, 15) is 18.0 Å². The van der Waals surface area contributed by atoms with Gasteiger partial charge in [0.2, 0.25) is 5.91 Å². The maximum absolute atomic E-state index is 13.0. The van der Waals surface area contributed by atoms with Gasteiger partial charge in [-0.05, 0) is 35.9 Å². The molecule has 1 atom stereocenters. The summed E-state index contributed by atoms with van der Waals surface area (Å²) in [6.45, 7) is -0.0274. The minimum absolute atomic E-state index is 0.0274. The largest absolute Gasteiger partial charge is 0.496 e. The number of imidazole rings is 1. The molecule has 0 aliphatic rings. The van der Waals surface area contributed by atoms with Gasteiger partial charge in [-0.1, -0.05) is 41.9 Å². The summed E-state index contributed by atoms with van der Waals surface area (Å²) in [6.07, 6.45) is -1.01. The van der Waals surface area contributed by atoms with E-state index < -0.39 is 17.7 Å². The molecular weight excluding hydrogens is 467 g/mol. The van der Waals surface area contributed by atoms with Crippen LogP contribution < -0.4 is 10.1 Å². The molecular formula is C25H21ClF3N3O2. The first-order chi connectivity index (χ1) is 16.3. The first-order valence-corrected chi connectivity index (χ1v) is 10.8. The Morgan fingerprint density at radius 3 is 2.71 bits per heavy atom. The Labute approximate surface area is 199 Å². The highest BCUT2D eigenvalue weighted by atomic mass is 35.5. The molecule has 0 saturated carbocycles. The van der Waals surface area contributed by atoms with E-state index in [1.54, 1.807) is 43.8 Å². The number of amides is 1. The zero-order chi connectivity index (χ0) is 24.3. The minimum atomic E-state index is -4.45. The lowest BCUT2D eigenvalue weighted by molar-refractivity contribution is -0.137. The van der Waals surface area contributed by atoms with Crippen LogP contribution in [0.25, 0.3) is 5.65 Å². The summed E-state index contributed by atoms with van der Waals surface area (Å²) in [5.41, 5.74) is 1.79. The van der Waals surface area contributed by atoms with E-state index in [2.05, 4.69) is 10.3 Å². The number of pyridine rings is 1. The van der Waals surface area contributed by atoms with Crippen molar-refractivity contribution in [3.63, 3.8) is 0 Å². The van der Waals surface area contributed by atoms with Crippen molar-refractivity contribution in [3.05, 3.63) is 100 Å². The fraction of sp³-hybridized carbons (Fsp3) is 0.200. The second-order valence-electron chi connectivity index (χ2n) is 7.73. The summed E-state index contributed by atoms with van der Waals surface area (Å²) in [5, 5.41) is 3.25. The standard InChI is InChI=1S/C25H21ClF3N3O2/c1-34-22-8-3-2-7-19(22)20(21-14-30-23-10-9-18(26)15-32(21)23)12-24(33)31-13-16-5-4-6-17(11-16)25(27,28)29/h2-11,14-15,20H,12-13H2,1H3,(H,31,33). The number of halogens is 4. The molecule has 1 unspecified atom stereocenters. The number of ether oxygens (including phenoxy) is 1. The van der Waals surface area contributed by atoms with Gasteiger partial charge in [0.05, 0.1) is 23.4 Å². The Hall–Kier alpha value is -3.52. The summed E-state index contributed by atoms with van der Waals surface area (Å²) in [7, 11) is 1.55. The number of para-hydroxylation sites is 1. The maximum atomic E-state index is 13.0. The molecule has 4 rings (SSSR count). The smallest absolute Gasteiger partial charge is 0.416 e. The molecule has 0 radical (unpaired) electrons. The highest BCUT2D eigenvalue weighted by Gasteiger charge is 2.30. The lowest BCUT2D eigenvalue weighted by Crippen LogP contribution is -2.25. The van der Waals surface area contributed by atoms with Gasteiger partial charge in [0, 0.05) is 36.8 Å². The predicted molar refractivity (Wildman–Crippen MR) is 123 cm³/mol. The van der Waals surface area contributed by atoms with Crippen LogP contribution in [-0.2, 0) is 17.5 Å². The monoisotopic (exact) mass is 487 g/mol. The predicted octanol–water partition coefficient (Wildman–Crippen LogP) is 5.85. The fourth-order valence-electron chi connectivity index (χ4n) is 3.88. The van der Waals surface area contributed by atoms with Crippen LogP contribution in [-0.4, -0.2) is 22.4 Å². The van der Waals surface area contributed by atoms with Gasteiger partial charge < -0.3 is 14.5 Å². The molecule has 0 fully saturated rings. The molecule has 0 aliphatic carbocycles. The first-order valence-electron chi connectivity index (χ1n) is 10.4. The molecule has 0 bridgehead atoms. The number of hydrogen-bond donors (Lipinski definition) is 1. The highest BCUT2D eigenvalue weighted by molar-refractivity contribution is 6.30. The Kier molecular flexibility index (Phi) is 6.79. The minimum Gasteiger partial charge on any atom is -0.496 e. The topological polar surface area (TPSA) is 55.6 Å². The van der Waals surface area contributed by atoms with Gasteiger partial charge >= 0.3 is 6.18 Å². The second kappa shape index (κ2) is 9.77. The van der Waals surface area contributed by atoms with Crippen molar-refractivity contribution in [1.82, 2.24) is 14.7 Å². The van der Waals surface area contributed by atoms with Crippen molar-refractivity contribution in [2.75, 3.05) is 7.11 Å². The molecule has 0 saturated heterocycles. The Morgan fingerprint density at radius 1 is 1.15 bits per heavy atom. The number of rotatable bonds is 7. The molecule has 2 aromatic heterocycles. The molecule has 2 aromatic carbocycles. The van der Waals surface area contributed by atoms with Crippen molar-refractivity contribution >= 4 is 23.2 Å². The van der Waals surface area contributed by atoms with Gasteiger partial charge in [-0.25, -0.2) is 4.98 Å². The van der Waals surface area contributed by atoms with Crippen LogP contribution in [0.3, 0.4) is 0 Å². The van der Waals surface area contributed by atoms with Gasteiger partial charge in [0.25, 0.3) is 0 Å². The zero-order valence-corrected chi connectivity index (χ0v) is 18.9. The molecule has 2 heterocycles. The molecule has 9 heteroatoms. The SMILES string of the molecule is COc1ccccc1C(CC(=O)NCc1cccc(C(F)(F)F)c1)c1cnc2ccc(Cl)cn12. The Bertz CT molecular complexity index is 1320. The maximum Gasteiger partial charge on any atom is 0.416 e. The van der Waals surface area contributed by atoms with Crippen LogP contribution in [0.15, 0.2) is 73.1 Å². The molecule has 34 heavy (non-hydrogen) atoms. The highest BCUT2D eigenvalue weighted by Crippen LogP contribution is 2.35. The Balaban J connectivity index is 1.61. The summed E-state index contributed by atoms with van der Waals surface area (Å²) in [4.78, 5) is 17.4. The number of carbonyl (C=O) groups excluding carboxylic acids is 1. The fourth-order valence-corrected chi connectivity index (χ4v) is 4.04. The molecule has 1 N–H and O–H groups in total. The number of aromatic nitrogens is 2. The lowest BCUT2D eigenvalue weighted by Gasteiger charge is -2.20. The molecule has 0 spiro atoms. The van der Waals surface area contributed by atoms with Crippen LogP contribution >= 0.6 is 11.6 Å². The third-order valence-electron chi connectivity index (χ3n) is 5.50. The van der Waals surface area contributed by atoms with Gasteiger partial charge in [-0.2, -0.15) is 13.2 Å². The van der Waals surface area contributed by atoms with Crippen LogP contribution in [0.5, 0.6) is 5.75 Å². The zero-order valence-electron chi connectivity index (χ0n) is 18.1.